The van der Waals surface area contributed by atoms with Crippen LogP contribution in [0.25, 0.3) is 0 Å². The third-order valence-corrected chi connectivity index (χ3v) is 4.00. The van der Waals surface area contributed by atoms with Crippen molar-refractivity contribution in [2.24, 2.45) is 5.41 Å². The number of methoxy groups -OCH3 is 2. The fraction of sp³-hybridized carbons (Fsp3) is 0.600. The summed E-state index contributed by atoms with van der Waals surface area (Å²) in [5.41, 5.74) is 1.19. The Hall–Kier alpha value is -0.780. The molecule has 20 heavy (non-hydrogen) atoms. The van der Waals surface area contributed by atoms with Crippen LogP contribution in [0.1, 0.15) is 25.8 Å². The highest BCUT2D eigenvalue weighted by atomic mass is 79.9. The van der Waals surface area contributed by atoms with Gasteiger partial charge < -0.3 is 19.9 Å². The number of benzene rings is 1. The first kappa shape index (κ1) is 17.3. The topological polar surface area (TPSA) is 50.7 Å². The first-order valence-corrected chi connectivity index (χ1v) is 7.45. The van der Waals surface area contributed by atoms with Gasteiger partial charge in [0.15, 0.2) is 11.5 Å². The molecule has 0 radical (unpaired) electrons. The van der Waals surface area contributed by atoms with E-state index in [0.29, 0.717) is 5.75 Å². The highest BCUT2D eigenvalue weighted by molar-refractivity contribution is 9.10. The zero-order chi connectivity index (χ0) is 15.2. The van der Waals surface area contributed by atoms with E-state index in [2.05, 4.69) is 35.1 Å². The van der Waals surface area contributed by atoms with E-state index in [0.717, 1.165) is 35.3 Å². The highest BCUT2D eigenvalue weighted by Crippen LogP contribution is 2.33. The maximum absolute atomic E-state index is 9.02. The lowest BCUT2D eigenvalue weighted by atomic mass is 9.90. The molecule has 4 nitrogen and oxygen atoms in total. The van der Waals surface area contributed by atoms with Crippen molar-refractivity contribution in [3.05, 3.63) is 22.2 Å². The molecule has 114 valence electrons. The zero-order valence-corrected chi connectivity index (χ0v) is 14.2. The molecule has 5 heteroatoms. The minimum absolute atomic E-state index is 0.0811. The fourth-order valence-electron chi connectivity index (χ4n) is 1.96. The number of nitrogens with one attached hydrogen (secondary N) is 1. The Bertz CT molecular complexity index is 435. The van der Waals surface area contributed by atoms with Crippen LogP contribution in [0.2, 0.25) is 0 Å². The molecule has 0 saturated carbocycles. The van der Waals surface area contributed by atoms with Gasteiger partial charge in [-0.1, -0.05) is 29.8 Å². The molecule has 0 atom stereocenters. The molecule has 0 saturated heterocycles. The standard InChI is InChI=1S/C15H24BrNO3/c1-15(2,5-6-18)10-17-9-11-7-13(19-3)14(20-4)8-12(11)16/h7-8,17-18H,5-6,9-10H2,1-4H3. The molecule has 0 amide bonds. The van der Waals surface area contributed by atoms with Crippen molar-refractivity contribution < 1.29 is 14.6 Å². The molecule has 0 heterocycles. The Labute approximate surface area is 129 Å². The predicted molar refractivity (Wildman–Crippen MR) is 84.4 cm³/mol. The Morgan fingerprint density at radius 3 is 2.35 bits per heavy atom. The third-order valence-electron chi connectivity index (χ3n) is 3.26. The van der Waals surface area contributed by atoms with Gasteiger partial charge in [-0.15, -0.1) is 0 Å². The monoisotopic (exact) mass is 345 g/mol. The molecule has 2 N–H and O–H groups in total. The van der Waals surface area contributed by atoms with Gasteiger partial charge in [-0.25, -0.2) is 0 Å². The van der Waals surface area contributed by atoms with Crippen molar-refractivity contribution in [3.8, 4) is 11.5 Å². The molecular formula is C15H24BrNO3. The maximum Gasteiger partial charge on any atom is 0.161 e. The summed E-state index contributed by atoms with van der Waals surface area (Å²) in [6, 6.07) is 3.88. The van der Waals surface area contributed by atoms with Crippen molar-refractivity contribution in [1.82, 2.24) is 5.32 Å². The average molecular weight is 346 g/mol. The average Bonchev–Trinajstić information content (AvgIpc) is 2.39. The number of aliphatic hydroxyl groups is 1. The van der Waals surface area contributed by atoms with Crippen LogP contribution in [0.4, 0.5) is 0 Å². The second kappa shape index (κ2) is 7.86. The minimum atomic E-state index is 0.0811. The smallest absolute Gasteiger partial charge is 0.161 e. The lowest BCUT2D eigenvalue weighted by Gasteiger charge is -2.24. The quantitative estimate of drug-likeness (QED) is 0.760. The molecule has 0 unspecified atom stereocenters. The number of rotatable bonds is 8. The molecule has 0 fully saturated rings. The van der Waals surface area contributed by atoms with E-state index >= 15 is 0 Å². The third kappa shape index (κ3) is 4.96. The summed E-state index contributed by atoms with van der Waals surface area (Å²) in [4.78, 5) is 0. The van der Waals surface area contributed by atoms with Crippen LogP contribution in [0.3, 0.4) is 0 Å². The van der Waals surface area contributed by atoms with Crippen LogP contribution in [-0.2, 0) is 6.54 Å². The fourth-order valence-corrected chi connectivity index (χ4v) is 2.42. The molecule has 0 bridgehead atoms. The first-order chi connectivity index (χ1) is 9.43. The number of hydrogen-bond donors (Lipinski definition) is 2. The summed E-state index contributed by atoms with van der Waals surface area (Å²) in [6.07, 6.45) is 0.785. The van der Waals surface area contributed by atoms with Gasteiger partial charge in [-0.3, -0.25) is 0 Å². The van der Waals surface area contributed by atoms with E-state index < -0.39 is 0 Å². The molecule has 0 aromatic heterocycles. The summed E-state index contributed by atoms with van der Waals surface area (Å²) in [6.45, 7) is 6.07. The largest absolute Gasteiger partial charge is 0.493 e. The molecule has 0 aliphatic carbocycles. The van der Waals surface area contributed by atoms with Crippen molar-refractivity contribution in [3.63, 3.8) is 0 Å². The van der Waals surface area contributed by atoms with Gasteiger partial charge >= 0.3 is 0 Å². The van der Waals surface area contributed by atoms with Crippen LogP contribution in [-0.4, -0.2) is 32.5 Å². The summed E-state index contributed by atoms with van der Waals surface area (Å²) in [5.74, 6) is 1.44. The Kier molecular flexibility index (Phi) is 6.79. The first-order valence-electron chi connectivity index (χ1n) is 6.65. The van der Waals surface area contributed by atoms with Gasteiger partial charge in [0.05, 0.1) is 14.2 Å². The molecule has 0 aliphatic heterocycles. The Morgan fingerprint density at radius 1 is 1.20 bits per heavy atom. The van der Waals surface area contributed by atoms with E-state index in [9.17, 15) is 0 Å². The van der Waals surface area contributed by atoms with Gasteiger partial charge in [0.25, 0.3) is 0 Å². The number of hydrogen-bond acceptors (Lipinski definition) is 4. The summed E-state index contributed by atoms with van der Waals surface area (Å²) < 4.78 is 11.6. The van der Waals surface area contributed by atoms with Crippen LogP contribution in [0, 0.1) is 5.41 Å². The molecular weight excluding hydrogens is 322 g/mol. The lowest BCUT2D eigenvalue weighted by Crippen LogP contribution is -2.30. The predicted octanol–water partition coefficient (Wildman–Crippen LogP) is 2.96. The lowest BCUT2D eigenvalue weighted by molar-refractivity contribution is 0.207. The van der Waals surface area contributed by atoms with Crippen LogP contribution in [0.15, 0.2) is 16.6 Å². The summed E-state index contributed by atoms with van der Waals surface area (Å²) in [5, 5.41) is 12.4. The van der Waals surface area contributed by atoms with E-state index in [4.69, 9.17) is 14.6 Å². The second-order valence-corrected chi connectivity index (χ2v) is 6.39. The maximum atomic E-state index is 9.02. The SMILES string of the molecule is COc1cc(Br)c(CNCC(C)(C)CCO)cc1OC. The highest BCUT2D eigenvalue weighted by Gasteiger charge is 2.17. The molecule has 1 aromatic carbocycles. The molecule has 1 aromatic rings. The van der Waals surface area contributed by atoms with Crippen molar-refractivity contribution >= 4 is 15.9 Å². The van der Waals surface area contributed by atoms with Gasteiger partial charge in [0, 0.05) is 24.2 Å². The second-order valence-electron chi connectivity index (χ2n) is 5.54. The molecule has 0 spiro atoms. The summed E-state index contributed by atoms with van der Waals surface area (Å²) >= 11 is 3.55. The Morgan fingerprint density at radius 2 is 1.80 bits per heavy atom. The van der Waals surface area contributed by atoms with Crippen LogP contribution < -0.4 is 14.8 Å². The number of halogens is 1. The van der Waals surface area contributed by atoms with E-state index in [1.165, 1.54) is 0 Å². The van der Waals surface area contributed by atoms with Crippen molar-refractivity contribution in [2.75, 3.05) is 27.4 Å². The normalized spacial score (nSPS) is 11.5. The minimum Gasteiger partial charge on any atom is -0.493 e. The molecule has 0 aliphatic rings. The van der Waals surface area contributed by atoms with Crippen LogP contribution in [0.5, 0.6) is 11.5 Å². The zero-order valence-electron chi connectivity index (χ0n) is 12.6. The molecule has 1 rings (SSSR count). The van der Waals surface area contributed by atoms with E-state index in [1.54, 1.807) is 14.2 Å². The Balaban J connectivity index is 2.69. The van der Waals surface area contributed by atoms with Gasteiger partial charge in [0.2, 0.25) is 0 Å². The van der Waals surface area contributed by atoms with Crippen molar-refractivity contribution in [2.45, 2.75) is 26.8 Å². The van der Waals surface area contributed by atoms with E-state index in [-0.39, 0.29) is 12.0 Å². The number of ether oxygens (including phenoxy) is 2. The van der Waals surface area contributed by atoms with Gasteiger partial charge in [-0.2, -0.15) is 0 Å². The van der Waals surface area contributed by atoms with Gasteiger partial charge in [0.1, 0.15) is 0 Å². The van der Waals surface area contributed by atoms with Crippen LogP contribution >= 0.6 is 15.9 Å². The van der Waals surface area contributed by atoms with Crippen molar-refractivity contribution in [1.29, 1.82) is 0 Å². The van der Waals surface area contributed by atoms with Gasteiger partial charge in [-0.05, 0) is 29.5 Å². The van der Waals surface area contributed by atoms with E-state index in [1.807, 2.05) is 12.1 Å². The number of aliphatic hydroxyl groups excluding tert-OH is 1. The summed E-state index contributed by atoms with van der Waals surface area (Å²) in [7, 11) is 3.26.